The van der Waals surface area contributed by atoms with Gasteiger partial charge in [-0.05, 0) is 7.05 Å². The molecule has 1 unspecified atom stereocenters. The molecule has 0 radical (unpaired) electrons. The number of halogens is 3. The number of hydrogen-bond donors (Lipinski definition) is 1. The van der Waals surface area contributed by atoms with Crippen LogP contribution in [0.15, 0.2) is 0 Å². The molecule has 0 saturated carbocycles. The molecule has 1 atom stereocenters. The van der Waals surface area contributed by atoms with Gasteiger partial charge in [0, 0.05) is 6.54 Å². The van der Waals surface area contributed by atoms with Gasteiger partial charge < -0.3 is 5.32 Å². The summed E-state index contributed by atoms with van der Waals surface area (Å²) in [5.41, 5.74) is 0. The summed E-state index contributed by atoms with van der Waals surface area (Å²) in [6, 6.07) is 0. The Morgan fingerprint density at radius 2 is 2.18 bits per heavy atom. The van der Waals surface area contributed by atoms with Crippen molar-refractivity contribution in [2.45, 2.75) is 12.6 Å². The van der Waals surface area contributed by atoms with E-state index in [1.807, 2.05) is 0 Å². The number of rotatable bonds is 1. The lowest BCUT2D eigenvalue weighted by molar-refractivity contribution is -0.353. The lowest BCUT2D eigenvalue weighted by Gasteiger charge is -2.19. The van der Waals surface area contributed by atoms with Crippen LogP contribution in [0.25, 0.3) is 0 Å². The molecule has 1 aliphatic rings. The first-order chi connectivity index (χ1) is 4.99. The Morgan fingerprint density at radius 3 is 2.55 bits per heavy atom. The fraction of sp³-hybridized carbons (Fsp3) is 1.00. The van der Waals surface area contributed by atoms with E-state index in [2.05, 4.69) is 10.1 Å². The minimum Gasteiger partial charge on any atom is -0.300 e. The summed E-state index contributed by atoms with van der Waals surface area (Å²) >= 11 is 0. The Hall–Kier alpha value is -0.330. The van der Waals surface area contributed by atoms with Crippen LogP contribution in [0.4, 0.5) is 13.2 Å². The van der Waals surface area contributed by atoms with Crippen molar-refractivity contribution in [2.75, 3.05) is 20.3 Å². The molecule has 3 nitrogen and oxygen atoms in total. The lowest BCUT2D eigenvalue weighted by atomic mass is 10.6. The maximum Gasteiger partial charge on any atom is 0.524 e. The quantitative estimate of drug-likeness (QED) is 0.614. The topological polar surface area (TPSA) is 24.5 Å². The van der Waals surface area contributed by atoms with Crippen molar-refractivity contribution in [3.63, 3.8) is 0 Å². The van der Waals surface area contributed by atoms with E-state index in [1.54, 1.807) is 7.05 Å². The third-order valence-corrected chi connectivity index (χ3v) is 1.44. The van der Waals surface area contributed by atoms with Gasteiger partial charge in [-0.1, -0.05) is 0 Å². The number of ether oxygens (including phenoxy) is 1. The molecule has 1 fully saturated rings. The van der Waals surface area contributed by atoms with Gasteiger partial charge in [0.05, 0.1) is 6.67 Å². The minimum atomic E-state index is -4.54. The number of nitrogens with zero attached hydrogens (tertiary/aromatic N) is 1. The smallest absolute Gasteiger partial charge is 0.300 e. The molecule has 0 aromatic rings. The van der Waals surface area contributed by atoms with Crippen molar-refractivity contribution in [1.29, 1.82) is 0 Å². The zero-order valence-electron chi connectivity index (χ0n) is 5.98. The Kier molecular flexibility index (Phi) is 2.36. The monoisotopic (exact) mass is 170 g/mol. The Bertz CT molecular complexity index is 138. The SMILES string of the molecule is CN1CNCC1OC(F)(F)F. The predicted octanol–water partition coefficient (Wildman–Crippen LogP) is 0.341. The Labute approximate surface area is 62.1 Å². The fourth-order valence-corrected chi connectivity index (χ4v) is 0.908. The molecule has 0 aromatic carbocycles. The molecule has 1 rings (SSSR count). The largest absolute Gasteiger partial charge is 0.524 e. The van der Waals surface area contributed by atoms with Crippen LogP contribution in [0.5, 0.6) is 0 Å². The van der Waals surface area contributed by atoms with Gasteiger partial charge in [0.15, 0.2) is 0 Å². The van der Waals surface area contributed by atoms with Gasteiger partial charge in [0.1, 0.15) is 6.23 Å². The summed E-state index contributed by atoms with van der Waals surface area (Å²) in [7, 11) is 1.57. The van der Waals surface area contributed by atoms with E-state index in [-0.39, 0.29) is 6.54 Å². The first-order valence-electron chi connectivity index (χ1n) is 3.14. The van der Waals surface area contributed by atoms with E-state index in [0.29, 0.717) is 6.67 Å². The molecule has 1 heterocycles. The normalized spacial score (nSPS) is 27.8. The van der Waals surface area contributed by atoms with Crippen LogP contribution in [0.1, 0.15) is 0 Å². The Morgan fingerprint density at radius 1 is 1.55 bits per heavy atom. The zero-order chi connectivity index (χ0) is 8.48. The molecule has 1 saturated heterocycles. The third kappa shape index (κ3) is 2.64. The van der Waals surface area contributed by atoms with E-state index in [1.165, 1.54) is 4.90 Å². The van der Waals surface area contributed by atoms with Crippen molar-refractivity contribution < 1.29 is 17.9 Å². The minimum absolute atomic E-state index is 0.218. The number of hydrogen-bond acceptors (Lipinski definition) is 3. The van der Waals surface area contributed by atoms with Gasteiger partial charge in [0.25, 0.3) is 0 Å². The van der Waals surface area contributed by atoms with Crippen LogP contribution in [0.2, 0.25) is 0 Å². The van der Waals surface area contributed by atoms with Crippen LogP contribution < -0.4 is 5.32 Å². The highest BCUT2D eigenvalue weighted by atomic mass is 19.4. The van der Waals surface area contributed by atoms with Crippen LogP contribution in [-0.4, -0.2) is 37.8 Å². The second-order valence-electron chi connectivity index (χ2n) is 2.39. The molecular weight excluding hydrogens is 161 g/mol. The molecule has 0 bridgehead atoms. The third-order valence-electron chi connectivity index (χ3n) is 1.44. The standard InChI is InChI=1S/C5H9F3N2O/c1-10-3-9-2-4(10)11-5(6,7)8/h4,9H,2-3H2,1H3. The molecule has 0 spiro atoms. The van der Waals surface area contributed by atoms with Crippen LogP contribution in [0.3, 0.4) is 0 Å². The molecule has 1 N–H and O–H groups in total. The summed E-state index contributed by atoms with van der Waals surface area (Å²) in [6.07, 6.45) is -5.42. The zero-order valence-corrected chi connectivity index (χ0v) is 5.98. The predicted molar refractivity (Wildman–Crippen MR) is 31.6 cm³/mol. The summed E-state index contributed by atoms with van der Waals surface area (Å²) < 4.78 is 38.6. The highest BCUT2D eigenvalue weighted by Gasteiger charge is 2.36. The summed E-state index contributed by atoms with van der Waals surface area (Å²) in [5.74, 6) is 0. The number of alkyl halides is 3. The maximum atomic E-state index is 11.6. The summed E-state index contributed by atoms with van der Waals surface area (Å²) in [5, 5.41) is 2.75. The molecule has 6 heteroatoms. The Balaban J connectivity index is 2.37. The van der Waals surface area contributed by atoms with Gasteiger partial charge in [-0.25, -0.2) is 0 Å². The van der Waals surface area contributed by atoms with Crippen LogP contribution in [0, 0.1) is 0 Å². The van der Waals surface area contributed by atoms with Crippen LogP contribution in [-0.2, 0) is 4.74 Å². The summed E-state index contributed by atoms with van der Waals surface area (Å²) in [4.78, 5) is 1.45. The van der Waals surface area contributed by atoms with Gasteiger partial charge >= 0.3 is 6.36 Å². The first kappa shape index (κ1) is 8.76. The van der Waals surface area contributed by atoms with Gasteiger partial charge in [-0.15, -0.1) is 13.2 Å². The molecule has 0 amide bonds. The van der Waals surface area contributed by atoms with E-state index in [9.17, 15) is 13.2 Å². The van der Waals surface area contributed by atoms with Crippen molar-refractivity contribution >= 4 is 0 Å². The summed E-state index contributed by atoms with van der Waals surface area (Å²) in [6.45, 7) is 0.650. The van der Waals surface area contributed by atoms with E-state index < -0.39 is 12.6 Å². The van der Waals surface area contributed by atoms with Gasteiger partial charge in [-0.3, -0.25) is 9.64 Å². The van der Waals surface area contributed by atoms with Crippen molar-refractivity contribution in [1.82, 2.24) is 10.2 Å². The molecule has 0 aromatic heterocycles. The van der Waals surface area contributed by atoms with Crippen molar-refractivity contribution in [3.05, 3.63) is 0 Å². The second-order valence-corrected chi connectivity index (χ2v) is 2.39. The number of nitrogens with one attached hydrogen (secondary N) is 1. The average molecular weight is 170 g/mol. The van der Waals surface area contributed by atoms with Crippen molar-refractivity contribution in [2.24, 2.45) is 0 Å². The van der Waals surface area contributed by atoms with E-state index in [0.717, 1.165) is 0 Å². The molecule has 1 aliphatic heterocycles. The highest BCUT2D eigenvalue weighted by molar-refractivity contribution is 4.68. The average Bonchev–Trinajstić information content (AvgIpc) is 2.12. The molecule has 66 valence electrons. The van der Waals surface area contributed by atoms with E-state index in [4.69, 9.17) is 0 Å². The number of likely N-dealkylation sites (N-methyl/N-ethyl adjacent to an activating group) is 1. The van der Waals surface area contributed by atoms with Gasteiger partial charge in [-0.2, -0.15) is 0 Å². The maximum absolute atomic E-state index is 11.6. The second kappa shape index (κ2) is 2.96. The van der Waals surface area contributed by atoms with E-state index >= 15 is 0 Å². The van der Waals surface area contributed by atoms with Crippen LogP contribution >= 0.6 is 0 Å². The highest BCUT2D eigenvalue weighted by Crippen LogP contribution is 2.20. The lowest BCUT2D eigenvalue weighted by Crippen LogP contribution is -2.34. The molecule has 11 heavy (non-hydrogen) atoms. The first-order valence-corrected chi connectivity index (χ1v) is 3.14. The molecular formula is C5H9F3N2O. The molecule has 0 aliphatic carbocycles. The van der Waals surface area contributed by atoms with Gasteiger partial charge in [0.2, 0.25) is 0 Å². The fourth-order valence-electron chi connectivity index (χ4n) is 0.908. The van der Waals surface area contributed by atoms with Crippen molar-refractivity contribution in [3.8, 4) is 0 Å².